The molecule has 6 heteroatoms. The highest BCUT2D eigenvalue weighted by Gasteiger charge is 2.40. The molecule has 0 radical (unpaired) electrons. The molecule has 3 atom stereocenters. The van der Waals surface area contributed by atoms with Crippen molar-refractivity contribution in [3.63, 3.8) is 0 Å². The van der Waals surface area contributed by atoms with Crippen molar-refractivity contribution < 1.29 is 4.57 Å². The SMILES string of the molecule is CCc1nc2cccc3c2n1-c1cc(C2=NC4C=CC=CC4N=C2c2ccccc2)ccc1P3(=O)c1ccccc1. The van der Waals surface area contributed by atoms with E-state index in [0.29, 0.717) is 0 Å². The first kappa shape index (κ1) is 24.2. The summed E-state index contributed by atoms with van der Waals surface area (Å²) in [7, 11) is -3.17. The van der Waals surface area contributed by atoms with E-state index in [1.165, 1.54) is 0 Å². The number of para-hydroxylation sites is 1. The van der Waals surface area contributed by atoms with E-state index in [0.717, 1.165) is 67.4 Å². The van der Waals surface area contributed by atoms with E-state index in [2.05, 4.69) is 47.9 Å². The van der Waals surface area contributed by atoms with E-state index in [-0.39, 0.29) is 12.1 Å². The molecule has 3 unspecified atom stereocenters. The maximum absolute atomic E-state index is 15.4. The lowest BCUT2D eigenvalue weighted by Crippen LogP contribution is -2.35. The summed E-state index contributed by atoms with van der Waals surface area (Å²) in [5.41, 5.74) is 6.42. The summed E-state index contributed by atoms with van der Waals surface area (Å²) < 4.78 is 17.6. The molecule has 5 aromatic rings. The van der Waals surface area contributed by atoms with Gasteiger partial charge in [-0.2, -0.15) is 0 Å². The van der Waals surface area contributed by atoms with Crippen LogP contribution in [-0.4, -0.2) is 33.1 Å². The third-order valence-corrected chi connectivity index (χ3v) is 11.4. The number of hydrogen-bond acceptors (Lipinski definition) is 4. The van der Waals surface area contributed by atoms with Crippen LogP contribution < -0.4 is 15.9 Å². The van der Waals surface area contributed by atoms with Gasteiger partial charge in [-0.1, -0.05) is 104 Å². The van der Waals surface area contributed by atoms with Gasteiger partial charge in [-0.3, -0.25) is 14.6 Å². The van der Waals surface area contributed by atoms with Gasteiger partial charge < -0.3 is 4.57 Å². The van der Waals surface area contributed by atoms with Crippen molar-refractivity contribution in [3.8, 4) is 5.69 Å². The number of allylic oxidation sites excluding steroid dienone is 2. The Balaban J connectivity index is 1.40. The summed E-state index contributed by atoms with van der Waals surface area (Å²) in [6, 6.07) is 32.3. The summed E-state index contributed by atoms with van der Waals surface area (Å²) in [4.78, 5) is 15.4. The molecular weight excluding hydrogens is 523 g/mol. The van der Waals surface area contributed by atoms with Crippen LogP contribution in [0.2, 0.25) is 0 Å². The Bertz CT molecular complexity index is 2020. The van der Waals surface area contributed by atoms with Crippen LogP contribution in [0.25, 0.3) is 16.7 Å². The predicted octanol–water partition coefficient (Wildman–Crippen LogP) is 5.70. The van der Waals surface area contributed by atoms with Gasteiger partial charge in [-0.25, -0.2) is 4.98 Å². The molecule has 0 fully saturated rings. The molecule has 198 valence electrons. The number of hydrogen-bond donors (Lipinski definition) is 0. The molecule has 0 amide bonds. The topological polar surface area (TPSA) is 59.6 Å². The third kappa shape index (κ3) is 3.55. The van der Waals surface area contributed by atoms with Gasteiger partial charge in [0, 0.05) is 33.5 Å². The van der Waals surface area contributed by atoms with Crippen LogP contribution in [0.3, 0.4) is 0 Å². The Labute approximate surface area is 238 Å². The van der Waals surface area contributed by atoms with Gasteiger partial charge in [-0.05, 0) is 24.3 Å². The Morgan fingerprint density at radius 3 is 2.12 bits per heavy atom. The second-order valence-electron chi connectivity index (χ2n) is 10.6. The predicted molar refractivity (Wildman–Crippen MR) is 169 cm³/mol. The lowest BCUT2D eigenvalue weighted by molar-refractivity contribution is 0.592. The first-order chi connectivity index (χ1) is 20.2. The largest absolute Gasteiger partial charge is 0.308 e. The van der Waals surface area contributed by atoms with E-state index in [1.807, 2.05) is 84.9 Å². The molecule has 0 N–H and O–H groups in total. The highest BCUT2D eigenvalue weighted by atomic mass is 31.2. The average molecular weight is 551 g/mol. The number of imidazole rings is 1. The minimum Gasteiger partial charge on any atom is -0.308 e. The second kappa shape index (κ2) is 9.22. The quantitative estimate of drug-likeness (QED) is 0.265. The minimum absolute atomic E-state index is 0.0262. The van der Waals surface area contributed by atoms with Crippen LogP contribution in [0.4, 0.5) is 0 Å². The Hall–Kier alpha value is -4.60. The Morgan fingerprint density at radius 1 is 0.732 bits per heavy atom. The van der Waals surface area contributed by atoms with Crippen LogP contribution in [0.1, 0.15) is 23.9 Å². The summed E-state index contributed by atoms with van der Waals surface area (Å²) in [6.07, 6.45) is 9.07. The number of nitrogens with zero attached hydrogens (tertiary/aromatic N) is 4. The number of aliphatic imine (C=N–C) groups is 2. The van der Waals surface area contributed by atoms with Crippen LogP contribution in [0, 0.1) is 0 Å². The van der Waals surface area contributed by atoms with Gasteiger partial charge in [0.1, 0.15) is 5.82 Å². The highest BCUT2D eigenvalue weighted by Crippen LogP contribution is 2.49. The zero-order chi connectivity index (χ0) is 27.6. The van der Waals surface area contributed by atoms with Crippen molar-refractivity contribution in [2.45, 2.75) is 25.4 Å². The monoisotopic (exact) mass is 550 g/mol. The second-order valence-corrected chi connectivity index (χ2v) is 13.3. The fourth-order valence-electron chi connectivity index (χ4n) is 6.33. The number of aromatic nitrogens is 2. The molecule has 0 bridgehead atoms. The fourth-order valence-corrected chi connectivity index (χ4v) is 9.32. The van der Waals surface area contributed by atoms with E-state index < -0.39 is 7.14 Å². The van der Waals surface area contributed by atoms with E-state index in [1.54, 1.807) is 0 Å². The summed E-state index contributed by atoms with van der Waals surface area (Å²) in [5.74, 6) is 0.952. The van der Waals surface area contributed by atoms with Crippen molar-refractivity contribution in [1.82, 2.24) is 9.55 Å². The van der Waals surface area contributed by atoms with Gasteiger partial charge in [0.25, 0.3) is 0 Å². The fraction of sp³-hybridized carbons (Fsp3) is 0.114. The maximum Gasteiger partial charge on any atom is 0.175 e. The molecule has 0 saturated carbocycles. The summed E-state index contributed by atoms with van der Waals surface area (Å²) in [5, 5.41) is 2.50. The number of benzene rings is 4. The Morgan fingerprint density at radius 2 is 1.41 bits per heavy atom. The van der Waals surface area contributed by atoms with Crippen LogP contribution in [0.5, 0.6) is 0 Å². The molecule has 8 rings (SSSR count). The van der Waals surface area contributed by atoms with Crippen molar-refractivity contribution in [3.05, 3.63) is 138 Å². The lowest BCUT2D eigenvalue weighted by atomic mass is 9.93. The van der Waals surface area contributed by atoms with Crippen molar-refractivity contribution in [2.24, 2.45) is 9.98 Å². The number of fused-ring (bicyclic) bond motifs is 3. The normalized spacial score (nSPS) is 22.2. The van der Waals surface area contributed by atoms with Gasteiger partial charge >= 0.3 is 0 Å². The van der Waals surface area contributed by atoms with E-state index in [4.69, 9.17) is 15.0 Å². The van der Waals surface area contributed by atoms with Crippen molar-refractivity contribution in [2.75, 3.05) is 0 Å². The minimum atomic E-state index is -3.17. The van der Waals surface area contributed by atoms with Gasteiger partial charge in [0.05, 0.1) is 40.2 Å². The van der Waals surface area contributed by atoms with Crippen LogP contribution >= 0.6 is 7.14 Å². The first-order valence-corrected chi connectivity index (χ1v) is 15.8. The molecule has 3 heterocycles. The molecular formula is C35H27N4OP. The van der Waals surface area contributed by atoms with Gasteiger partial charge in [0.15, 0.2) is 7.14 Å². The molecule has 5 nitrogen and oxygen atoms in total. The highest BCUT2D eigenvalue weighted by molar-refractivity contribution is 7.86. The van der Waals surface area contributed by atoms with Crippen molar-refractivity contribution >= 4 is 45.5 Å². The smallest absolute Gasteiger partial charge is 0.175 e. The molecule has 4 aromatic carbocycles. The molecule has 1 aliphatic carbocycles. The number of aryl methyl sites for hydroxylation is 1. The molecule has 2 aliphatic heterocycles. The molecule has 0 saturated heterocycles. The zero-order valence-corrected chi connectivity index (χ0v) is 23.4. The van der Waals surface area contributed by atoms with Gasteiger partial charge in [-0.15, -0.1) is 0 Å². The lowest BCUT2D eigenvalue weighted by Gasteiger charge is -2.30. The third-order valence-electron chi connectivity index (χ3n) is 8.23. The first-order valence-electron chi connectivity index (χ1n) is 14.0. The molecule has 1 aromatic heterocycles. The van der Waals surface area contributed by atoms with Crippen molar-refractivity contribution in [1.29, 1.82) is 0 Å². The standard InChI is InChI=1S/C35H27N4OP/c1-2-32-36-28-18-11-19-31-35(28)39(32)29-22-24(20-21-30(29)41(31,40)25-14-7-4-8-15-25)34-33(23-12-5-3-6-13-23)37-26-16-9-10-17-27(26)38-34/h3-22,26-27H,2H2,1H3. The maximum atomic E-state index is 15.4. The molecule has 0 spiro atoms. The molecule has 41 heavy (non-hydrogen) atoms. The average Bonchev–Trinajstić information content (AvgIpc) is 3.43. The Kier molecular flexibility index (Phi) is 5.45. The van der Waals surface area contributed by atoms with E-state index >= 15 is 4.57 Å². The van der Waals surface area contributed by atoms with Crippen LogP contribution in [0.15, 0.2) is 131 Å². The molecule has 3 aliphatic rings. The summed E-state index contributed by atoms with van der Waals surface area (Å²) >= 11 is 0. The van der Waals surface area contributed by atoms with Crippen LogP contribution in [-0.2, 0) is 11.0 Å². The summed E-state index contributed by atoms with van der Waals surface area (Å²) in [6.45, 7) is 2.12. The number of rotatable bonds is 4. The van der Waals surface area contributed by atoms with Gasteiger partial charge in [0.2, 0.25) is 0 Å². The zero-order valence-electron chi connectivity index (χ0n) is 22.6. The van der Waals surface area contributed by atoms with E-state index in [9.17, 15) is 0 Å².